The fourth-order valence-corrected chi connectivity index (χ4v) is 4.26. The number of aromatic nitrogens is 2. The molecule has 0 spiro atoms. The van der Waals surface area contributed by atoms with E-state index in [1.54, 1.807) is 25.6 Å². The molecule has 0 N–H and O–H groups in total. The lowest BCUT2D eigenvalue weighted by atomic mass is 9.97. The van der Waals surface area contributed by atoms with E-state index in [9.17, 15) is 4.79 Å². The Bertz CT molecular complexity index is 970. The lowest BCUT2D eigenvalue weighted by Gasteiger charge is -2.18. The van der Waals surface area contributed by atoms with Crippen LogP contribution in [-0.2, 0) is 11.2 Å². The number of methoxy groups -OCH3 is 2. The summed E-state index contributed by atoms with van der Waals surface area (Å²) in [7, 11) is 3.31. The first kappa shape index (κ1) is 19.4. The number of thiophene rings is 1. The van der Waals surface area contributed by atoms with Crippen LogP contribution in [0.4, 0.5) is 0 Å². The molecule has 4 rings (SSSR count). The lowest BCUT2D eigenvalue weighted by Crippen LogP contribution is -2.28. The Kier molecular flexibility index (Phi) is 5.80. The summed E-state index contributed by atoms with van der Waals surface area (Å²) in [5.41, 5.74) is 1.99. The van der Waals surface area contributed by atoms with Crippen molar-refractivity contribution in [2.24, 2.45) is 0 Å². The average molecular weight is 413 g/mol. The summed E-state index contributed by atoms with van der Waals surface area (Å²) < 4.78 is 16.5. The van der Waals surface area contributed by atoms with Gasteiger partial charge in [0, 0.05) is 48.4 Å². The summed E-state index contributed by atoms with van der Waals surface area (Å²) in [6, 6.07) is 7.74. The summed E-state index contributed by atoms with van der Waals surface area (Å²) in [5, 5.41) is 12.0. The Morgan fingerprint density at radius 3 is 2.93 bits per heavy atom. The number of ether oxygens (including phenoxy) is 2. The van der Waals surface area contributed by atoms with Crippen LogP contribution < -0.4 is 9.47 Å². The van der Waals surface area contributed by atoms with Gasteiger partial charge in [-0.1, -0.05) is 0 Å². The molecule has 3 heterocycles. The minimum atomic E-state index is 0.102. The monoisotopic (exact) mass is 413 g/mol. The van der Waals surface area contributed by atoms with Crippen LogP contribution in [0.1, 0.15) is 30.2 Å². The maximum Gasteiger partial charge on any atom is 0.248 e. The van der Waals surface area contributed by atoms with Gasteiger partial charge in [0.05, 0.1) is 14.2 Å². The molecule has 29 heavy (non-hydrogen) atoms. The minimum absolute atomic E-state index is 0.102. The van der Waals surface area contributed by atoms with Crippen LogP contribution in [0.5, 0.6) is 11.5 Å². The first-order valence-electron chi connectivity index (χ1n) is 9.52. The number of carbonyl (C=O) groups excluding carboxylic acids is 1. The second kappa shape index (κ2) is 8.65. The molecule has 3 aromatic rings. The zero-order valence-electron chi connectivity index (χ0n) is 16.5. The Hall–Kier alpha value is -2.87. The summed E-state index contributed by atoms with van der Waals surface area (Å²) in [4.78, 5) is 14.6. The Balaban J connectivity index is 1.35. The maximum atomic E-state index is 12.7. The Morgan fingerprint density at radius 2 is 2.17 bits per heavy atom. The van der Waals surface area contributed by atoms with Crippen LogP contribution in [0, 0.1) is 0 Å². The fraction of sp³-hybridized carbons (Fsp3) is 0.381. The van der Waals surface area contributed by atoms with E-state index in [1.807, 2.05) is 39.9 Å². The van der Waals surface area contributed by atoms with E-state index < -0.39 is 0 Å². The van der Waals surface area contributed by atoms with Crippen molar-refractivity contribution in [1.82, 2.24) is 15.1 Å². The molecule has 2 aromatic heterocycles. The number of aryl methyl sites for hydroxylation is 1. The topological polar surface area (TPSA) is 77.7 Å². The van der Waals surface area contributed by atoms with Crippen molar-refractivity contribution in [3.63, 3.8) is 0 Å². The van der Waals surface area contributed by atoms with E-state index in [2.05, 4.69) is 10.2 Å². The number of amides is 1. The summed E-state index contributed by atoms with van der Waals surface area (Å²) in [5.74, 6) is 2.95. The molecule has 1 fully saturated rings. The predicted octanol–water partition coefficient (Wildman–Crippen LogP) is 3.76. The molecule has 1 saturated heterocycles. The van der Waals surface area contributed by atoms with Gasteiger partial charge in [-0.05, 0) is 36.1 Å². The van der Waals surface area contributed by atoms with Gasteiger partial charge in [-0.3, -0.25) is 4.79 Å². The molecule has 1 atom stereocenters. The van der Waals surface area contributed by atoms with Gasteiger partial charge in [0.2, 0.25) is 17.7 Å². The highest BCUT2D eigenvalue weighted by Gasteiger charge is 2.29. The molecule has 1 amide bonds. The van der Waals surface area contributed by atoms with Gasteiger partial charge in [-0.25, -0.2) is 0 Å². The number of benzene rings is 1. The normalized spacial score (nSPS) is 16.2. The van der Waals surface area contributed by atoms with Gasteiger partial charge in [0.25, 0.3) is 0 Å². The second-order valence-electron chi connectivity index (χ2n) is 6.95. The van der Waals surface area contributed by atoms with Crippen molar-refractivity contribution in [3.8, 4) is 23.0 Å². The largest absolute Gasteiger partial charge is 0.497 e. The highest BCUT2D eigenvalue weighted by atomic mass is 32.1. The zero-order valence-corrected chi connectivity index (χ0v) is 17.3. The van der Waals surface area contributed by atoms with E-state index in [0.717, 1.165) is 35.6 Å². The van der Waals surface area contributed by atoms with Crippen molar-refractivity contribution < 1.29 is 18.7 Å². The molecule has 0 bridgehead atoms. The van der Waals surface area contributed by atoms with E-state index in [1.165, 1.54) is 0 Å². The summed E-state index contributed by atoms with van der Waals surface area (Å²) >= 11 is 1.58. The third kappa shape index (κ3) is 4.27. The van der Waals surface area contributed by atoms with Crippen molar-refractivity contribution in [2.75, 3.05) is 27.3 Å². The SMILES string of the molecule is COc1ccc(OC)c([C@H]2CCN(C(=O)CCc3nnc(-c4ccsc4)o3)C2)c1. The quantitative estimate of drug-likeness (QED) is 0.587. The Labute approximate surface area is 173 Å². The number of likely N-dealkylation sites (tertiary alicyclic amines) is 1. The highest BCUT2D eigenvalue weighted by Crippen LogP contribution is 2.36. The number of rotatable bonds is 7. The van der Waals surface area contributed by atoms with Crippen molar-refractivity contribution in [3.05, 3.63) is 46.5 Å². The minimum Gasteiger partial charge on any atom is -0.497 e. The van der Waals surface area contributed by atoms with Crippen LogP contribution >= 0.6 is 11.3 Å². The Morgan fingerprint density at radius 1 is 1.28 bits per heavy atom. The number of hydrogen-bond donors (Lipinski definition) is 0. The molecule has 1 aliphatic rings. The summed E-state index contributed by atoms with van der Waals surface area (Å²) in [6.07, 6.45) is 1.70. The van der Waals surface area contributed by atoms with Crippen LogP contribution in [0.3, 0.4) is 0 Å². The van der Waals surface area contributed by atoms with Gasteiger partial charge in [0.1, 0.15) is 11.5 Å². The molecule has 0 unspecified atom stereocenters. The molecule has 8 heteroatoms. The first-order valence-corrected chi connectivity index (χ1v) is 10.5. The van der Waals surface area contributed by atoms with Crippen LogP contribution in [0.25, 0.3) is 11.5 Å². The van der Waals surface area contributed by atoms with Crippen LogP contribution in [0.15, 0.2) is 39.4 Å². The molecule has 1 aliphatic heterocycles. The van der Waals surface area contributed by atoms with Gasteiger partial charge in [-0.2, -0.15) is 11.3 Å². The van der Waals surface area contributed by atoms with E-state index >= 15 is 0 Å². The first-order chi connectivity index (χ1) is 14.2. The van der Waals surface area contributed by atoms with Crippen molar-refractivity contribution >= 4 is 17.2 Å². The molecule has 0 radical (unpaired) electrons. The van der Waals surface area contributed by atoms with Gasteiger partial charge in [-0.15, -0.1) is 10.2 Å². The van der Waals surface area contributed by atoms with Crippen LogP contribution in [0.2, 0.25) is 0 Å². The molecule has 152 valence electrons. The molecular formula is C21H23N3O4S. The van der Waals surface area contributed by atoms with E-state index in [-0.39, 0.29) is 11.8 Å². The van der Waals surface area contributed by atoms with E-state index in [4.69, 9.17) is 13.9 Å². The van der Waals surface area contributed by atoms with E-state index in [0.29, 0.717) is 31.2 Å². The molecule has 7 nitrogen and oxygen atoms in total. The molecule has 1 aromatic carbocycles. The number of hydrogen-bond acceptors (Lipinski definition) is 7. The lowest BCUT2D eigenvalue weighted by molar-refractivity contribution is -0.130. The van der Waals surface area contributed by atoms with Gasteiger partial charge in [0.15, 0.2) is 0 Å². The average Bonchev–Trinajstić information content (AvgIpc) is 3.52. The smallest absolute Gasteiger partial charge is 0.248 e. The van der Waals surface area contributed by atoms with Crippen molar-refractivity contribution in [1.29, 1.82) is 0 Å². The maximum absolute atomic E-state index is 12.7. The zero-order chi connectivity index (χ0) is 20.2. The van der Waals surface area contributed by atoms with Gasteiger partial charge >= 0.3 is 0 Å². The molecule has 0 saturated carbocycles. The molecular weight excluding hydrogens is 390 g/mol. The van der Waals surface area contributed by atoms with Crippen molar-refractivity contribution in [2.45, 2.75) is 25.2 Å². The summed E-state index contributed by atoms with van der Waals surface area (Å²) in [6.45, 7) is 1.40. The third-order valence-electron chi connectivity index (χ3n) is 5.21. The fourth-order valence-electron chi connectivity index (χ4n) is 3.63. The number of carbonyl (C=O) groups is 1. The van der Waals surface area contributed by atoms with Gasteiger partial charge < -0.3 is 18.8 Å². The third-order valence-corrected chi connectivity index (χ3v) is 5.89. The number of nitrogens with zero attached hydrogens (tertiary/aromatic N) is 3. The highest BCUT2D eigenvalue weighted by molar-refractivity contribution is 7.08. The predicted molar refractivity (Wildman–Crippen MR) is 109 cm³/mol. The standard InChI is InChI=1S/C21H23N3O4S/c1-26-16-3-4-18(27-2)17(11-16)14-7-9-24(12-14)20(25)6-5-19-22-23-21(28-19)15-8-10-29-13-15/h3-4,8,10-11,13-14H,5-7,9,12H2,1-2H3/t14-/m0/s1. The molecule has 0 aliphatic carbocycles. The van der Waals surface area contributed by atoms with Crippen LogP contribution in [-0.4, -0.2) is 48.3 Å². The second-order valence-corrected chi connectivity index (χ2v) is 7.73.